The first-order valence-corrected chi connectivity index (χ1v) is 11.6. The molecule has 0 atom stereocenters. The van der Waals surface area contributed by atoms with Crippen LogP contribution in [0.2, 0.25) is 0 Å². The van der Waals surface area contributed by atoms with Gasteiger partial charge in [-0.3, -0.25) is 4.79 Å². The van der Waals surface area contributed by atoms with Gasteiger partial charge in [-0.2, -0.15) is 0 Å². The number of hydrogen-bond acceptors (Lipinski definition) is 3. The summed E-state index contributed by atoms with van der Waals surface area (Å²) in [4.78, 5) is 22.9. The van der Waals surface area contributed by atoms with E-state index in [1.54, 1.807) is 0 Å². The first-order valence-electron chi connectivity index (χ1n) is 11.6. The SMILES string of the molecule is O=C(Nc1nc2c(nc1CCC1CCCCC1)-c1ccccc1CC2)c1ccccc1. The van der Waals surface area contributed by atoms with Gasteiger partial charge in [-0.15, -0.1) is 0 Å². The highest BCUT2D eigenvalue weighted by Crippen LogP contribution is 2.34. The maximum absolute atomic E-state index is 12.9. The Morgan fingerprint density at radius 1 is 0.903 bits per heavy atom. The fourth-order valence-corrected chi connectivity index (χ4v) is 4.98. The molecule has 1 fully saturated rings. The number of nitrogens with one attached hydrogen (secondary N) is 1. The number of nitrogens with zero attached hydrogens (tertiary/aromatic N) is 2. The Hall–Kier alpha value is -3.01. The van der Waals surface area contributed by atoms with Crippen molar-refractivity contribution in [2.75, 3.05) is 5.32 Å². The summed E-state index contributed by atoms with van der Waals surface area (Å²) in [5, 5.41) is 3.08. The van der Waals surface area contributed by atoms with Crippen molar-refractivity contribution in [1.82, 2.24) is 9.97 Å². The summed E-state index contributed by atoms with van der Waals surface area (Å²) >= 11 is 0. The van der Waals surface area contributed by atoms with Crippen molar-refractivity contribution in [3.63, 3.8) is 0 Å². The lowest BCUT2D eigenvalue weighted by molar-refractivity contribution is 0.102. The zero-order chi connectivity index (χ0) is 21.0. The molecule has 0 radical (unpaired) electrons. The van der Waals surface area contributed by atoms with E-state index in [1.807, 2.05) is 30.3 Å². The molecule has 1 saturated carbocycles. The fourth-order valence-electron chi connectivity index (χ4n) is 4.98. The number of rotatable bonds is 5. The second-order valence-electron chi connectivity index (χ2n) is 8.83. The quantitative estimate of drug-likeness (QED) is 0.559. The molecule has 0 aliphatic heterocycles. The molecule has 0 saturated heterocycles. The van der Waals surface area contributed by atoms with Crippen molar-refractivity contribution >= 4 is 11.7 Å². The Balaban J connectivity index is 1.47. The summed E-state index contributed by atoms with van der Waals surface area (Å²) in [7, 11) is 0. The molecule has 2 aliphatic carbocycles. The van der Waals surface area contributed by atoms with Crippen molar-refractivity contribution in [3.05, 3.63) is 77.1 Å². The zero-order valence-corrected chi connectivity index (χ0v) is 17.9. The Morgan fingerprint density at radius 3 is 2.52 bits per heavy atom. The summed E-state index contributed by atoms with van der Waals surface area (Å²) < 4.78 is 0. The van der Waals surface area contributed by atoms with Crippen LogP contribution in [0.5, 0.6) is 0 Å². The van der Waals surface area contributed by atoms with E-state index in [1.165, 1.54) is 43.2 Å². The first kappa shape index (κ1) is 19.9. The van der Waals surface area contributed by atoms with Crippen LogP contribution in [-0.4, -0.2) is 15.9 Å². The summed E-state index contributed by atoms with van der Waals surface area (Å²) in [6, 6.07) is 17.9. The molecule has 4 nitrogen and oxygen atoms in total. The molecule has 5 rings (SSSR count). The van der Waals surface area contributed by atoms with E-state index in [2.05, 4.69) is 29.6 Å². The standard InChI is InChI=1S/C27H29N3O/c31-27(21-12-5-2-6-13-21)30-26-24(17-15-19-9-3-1-4-10-19)28-25-22-14-8-7-11-20(22)16-18-23(25)29-26/h2,5-8,11-14,19H,1,3-4,9-10,15-18H2,(H,29,30,31). The molecule has 31 heavy (non-hydrogen) atoms. The molecule has 0 unspecified atom stereocenters. The van der Waals surface area contributed by atoms with Gasteiger partial charge in [-0.05, 0) is 49.3 Å². The second kappa shape index (κ2) is 9.01. The topological polar surface area (TPSA) is 54.9 Å². The van der Waals surface area contributed by atoms with E-state index >= 15 is 0 Å². The molecule has 3 aromatic rings. The number of carbonyl (C=O) groups is 1. The smallest absolute Gasteiger partial charge is 0.256 e. The number of amides is 1. The predicted molar refractivity (Wildman–Crippen MR) is 124 cm³/mol. The molecule has 158 valence electrons. The van der Waals surface area contributed by atoms with Crippen LogP contribution in [0.15, 0.2) is 54.6 Å². The Labute approximate surface area is 184 Å². The molecule has 1 heterocycles. The zero-order valence-electron chi connectivity index (χ0n) is 17.9. The molecule has 4 heteroatoms. The third-order valence-electron chi connectivity index (χ3n) is 6.73. The molecule has 1 N–H and O–H groups in total. The van der Waals surface area contributed by atoms with Gasteiger partial charge in [-0.1, -0.05) is 74.6 Å². The molecule has 2 aliphatic rings. The van der Waals surface area contributed by atoms with Crippen LogP contribution >= 0.6 is 0 Å². The van der Waals surface area contributed by atoms with Gasteiger partial charge < -0.3 is 5.32 Å². The van der Waals surface area contributed by atoms with E-state index in [-0.39, 0.29) is 5.91 Å². The van der Waals surface area contributed by atoms with Gasteiger partial charge in [0.1, 0.15) is 0 Å². The first-order chi connectivity index (χ1) is 15.3. The van der Waals surface area contributed by atoms with E-state index in [0.717, 1.165) is 48.7 Å². The number of anilines is 1. The summed E-state index contributed by atoms with van der Waals surface area (Å²) in [5.41, 5.74) is 6.08. The van der Waals surface area contributed by atoms with Gasteiger partial charge >= 0.3 is 0 Å². The Morgan fingerprint density at radius 2 is 1.68 bits per heavy atom. The summed E-state index contributed by atoms with van der Waals surface area (Å²) in [6.07, 6.45) is 10.5. The molecular formula is C27H29N3O. The van der Waals surface area contributed by atoms with Crippen molar-refractivity contribution in [1.29, 1.82) is 0 Å². The minimum Gasteiger partial charge on any atom is -0.305 e. The van der Waals surface area contributed by atoms with E-state index < -0.39 is 0 Å². The van der Waals surface area contributed by atoms with Crippen LogP contribution in [-0.2, 0) is 19.3 Å². The van der Waals surface area contributed by atoms with Gasteiger partial charge in [-0.25, -0.2) is 9.97 Å². The lowest BCUT2D eigenvalue weighted by Gasteiger charge is -2.23. The van der Waals surface area contributed by atoms with Crippen molar-refractivity contribution in [2.45, 2.75) is 57.8 Å². The maximum Gasteiger partial charge on any atom is 0.256 e. The number of aromatic nitrogens is 2. The van der Waals surface area contributed by atoms with Crippen molar-refractivity contribution in [3.8, 4) is 11.3 Å². The van der Waals surface area contributed by atoms with E-state index in [9.17, 15) is 4.79 Å². The van der Waals surface area contributed by atoms with Gasteiger partial charge in [0, 0.05) is 11.1 Å². The summed E-state index contributed by atoms with van der Waals surface area (Å²) in [5.74, 6) is 1.28. The molecule has 2 aromatic carbocycles. The van der Waals surface area contributed by atoms with Gasteiger partial charge in [0.05, 0.1) is 17.1 Å². The minimum atomic E-state index is -0.120. The largest absolute Gasteiger partial charge is 0.305 e. The monoisotopic (exact) mass is 411 g/mol. The number of fused-ring (bicyclic) bond motifs is 3. The third-order valence-corrected chi connectivity index (χ3v) is 6.73. The molecule has 0 spiro atoms. The van der Waals surface area contributed by atoms with Crippen LogP contribution in [0.4, 0.5) is 5.82 Å². The average molecular weight is 412 g/mol. The highest BCUT2D eigenvalue weighted by molar-refractivity contribution is 6.04. The summed E-state index contributed by atoms with van der Waals surface area (Å²) in [6.45, 7) is 0. The lowest BCUT2D eigenvalue weighted by Crippen LogP contribution is -2.19. The van der Waals surface area contributed by atoms with E-state index in [4.69, 9.17) is 9.97 Å². The molecular weight excluding hydrogens is 382 g/mol. The van der Waals surface area contributed by atoms with Crippen molar-refractivity contribution < 1.29 is 4.79 Å². The second-order valence-corrected chi connectivity index (χ2v) is 8.83. The Bertz CT molecular complexity index is 1070. The van der Waals surface area contributed by atoms with Gasteiger partial charge in [0.25, 0.3) is 5.91 Å². The van der Waals surface area contributed by atoms with Crippen LogP contribution < -0.4 is 5.32 Å². The average Bonchev–Trinajstić information content (AvgIpc) is 2.84. The number of benzene rings is 2. The molecule has 1 amide bonds. The lowest BCUT2D eigenvalue weighted by atomic mass is 9.85. The molecule has 1 aromatic heterocycles. The maximum atomic E-state index is 12.9. The van der Waals surface area contributed by atoms with Gasteiger partial charge in [0.15, 0.2) is 5.82 Å². The fraction of sp³-hybridized carbons (Fsp3) is 0.370. The number of hydrogen-bond donors (Lipinski definition) is 1. The van der Waals surface area contributed by atoms with Crippen LogP contribution in [0.3, 0.4) is 0 Å². The van der Waals surface area contributed by atoms with Crippen LogP contribution in [0.25, 0.3) is 11.3 Å². The van der Waals surface area contributed by atoms with E-state index in [0.29, 0.717) is 11.4 Å². The van der Waals surface area contributed by atoms with Crippen molar-refractivity contribution in [2.24, 2.45) is 5.92 Å². The third kappa shape index (κ3) is 4.39. The Kier molecular flexibility index (Phi) is 5.79. The number of aryl methyl sites for hydroxylation is 3. The molecule has 0 bridgehead atoms. The highest BCUT2D eigenvalue weighted by Gasteiger charge is 2.23. The number of carbonyl (C=O) groups excluding carboxylic acids is 1. The van der Waals surface area contributed by atoms with Gasteiger partial charge in [0.2, 0.25) is 0 Å². The minimum absolute atomic E-state index is 0.120. The highest BCUT2D eigenvalue weighted by atomic mass is 16.1. The predicted octanol–water partition coefficient (Wildman–Crippen LogP) is 6.01. The van der Waals surface area contributed by atoms with Crippen LogP contribution in [0.1, 0.15) is 65.8 Å². The normalized spacial score (nSPS) is 15.7. The van der Waals surface area contributed by atoms with Crippen LogP contribution in [0, 0.1) is 5.92 Å².